The van der Waals surface area contributed by atoms with E-state index in [0.29, 0.717) is 11.5 Å². The van der Waals surface area contributed by atoms with Crippen molar-refractivity contribution in [3.05, 3.63) is 48.0 Å². The van der Waals surface area contributed by atoms with Gasteiger partial charge in [-0.15, -0.1) is 0 Å². The van der Waals surface area contributed by atoms with Gasteiger partial charge >= 0.3 is 10.5 Å². The Morgan fingerprint density at radius 3 is 2.43 bits per heavy atom. The van der Waals surface area contributed by atoms with Crippen LogP contribution in [-0.4, -0.2) is 31.3 Å². The first-order valence-electron chi connectivity index (χ1n) is 7.00. The molecular formula is C16H15O5SSi. The fourth-order valence-corrected chi connectivity index (χ4v) is 4.40. The topological polar surface area (TPSA) is 61.8 Å². The number of rotatable bonds is 3. The molecule has 0 saturated carbocycles. The summed E-state index contributed by atoms with van der Waals surface area (Å²) in [5, 5.41) is -0.711. The predicted octanol–water partition coefficient (Wildman–Crippen LogP) is 2.45. The van der Waals surface area contributed by atoms with Gasteiger partial charge in [-0.25, -0.2) is 8.42 Å². The van der Waals surface area contributed by atoms with E-state index in [4.69, 9.17) is 13.9 Å². The molecule has 0 aliphatic carbocycles. The molecule has 23 heavy (non-hydrogen) atoms. The van der Waals surface area contributed by atoms with Gasteiger partial charge in [0.1, 0.15) is 22.0 Å². The lowest BCUT2D eigenvalue weighted by Gasteiger charge is -2.32. The Balaban J connectivity index is 2.10. The van der Waals surface area contributed by atoms with Crippen molar-refractivity contribution in [2.75, 3.05) is 7.11 Å². The van der Waals surface area contributed by atoms with E-state index in [-0.39, 0.29) is 10.6 Å². The minimum absolute atomic E-state index is 0.167. The molecule has 119 valence electrons. The third-order valence-corrected chi connectivity index (χ3v) is 6.35. The summed E-state index contributed by atoms with van der Waals surface area (Å²) in [6.07, 6.45) is -0.618. The van der Waals surface area contributed by atoms with Crippen LogP contribution in [0.3, 0.4) is 0 Å². The zero-order valence-corrected chi connectivity index (χ0v) is 14.5. The van der Waals surface area contributed by atoms with E-state index < -0.39 is 21.2 Å². The highest BCUT2D eigenvalue weighted by Gasteiger charge is 2.41. The van der Waals surface area contributed by atoms with Crippen molar-refractivity contribution in [2.24, 2.45) is 0 Å². The van der Waals surface area contributed by atoms with Crippen LogP contribution in [0.1, 0.15) is 18.6 Å². The van der Waals surface area contributed by atoms with Gasteiger partial charge < -0.3 is 13.9 Å². The van der Waals surface area contributed by atoms with Gasteiger partial charge in [-0.2, -0.15) is 0 Å². The van der Waals surface area contributed by atoms with Crippen molar-refractivity contribution in [3.8, 4) is 17.2 Å². The molecule has 1 heterocycles. The number of ether oxygens (including phenoxy) is 2. The lowest BCUT2D eigenvalue weighted by molar-refractivity contribution is 0.180. The van der Waals surface area contributed by atoms with E-state index in [2.05, 4.69) is 10.5 Å². The highest BCUT2D eigenvalue weighted by atomic mass is 32.2. The summed E-state index contributed by atoms with van der Waals surface area (Å²) in [4.78, 5) is 0.167. The van der Waals surface area contributed by atoms with E-state index in [1.165, 1.54) is 7.11 Å². The summed E-state index contributed by atoms with van der Waals surface area (Å²) >= 11 is 0. The maximum Gasteiger partial charge on any atom is 0.341 e. The van der Waals surface area contributed by atoms with Gasteiger partial charge in [-0.1, -0.05) is 18.2 Å². The number of hydrogen-bond donors (Lipinski definition) is 0. The molecule has 5 nitrogen and oxygen atoms in total. The number of para-hydroxylation sites is 1. The number of methoxy groups -OCH3 is 1. The first-order chi connectivity index (χ1) is 11.0. The molecule has 0 fully saturated rings. The molecule has 2 aromatic rings. The molecular weight excluding hydrogens is 332 g/mol. The zero-order valence-electron chi connectivity index (χ0n) is 12.6. The van der Waals surface area contributed by atoms with Gasteiger partial charge in [0.2, 0.25) is 0 Å². The highest BCUT2D eigenvalue weighted by molar-refractivity contribution is 7.92. The third-order valence-electron chi connectivity index (χ3n) is 3.96. The Bertz CT molecular complexity index is 817. The second-order valence-corrected chi connectivity index (χ2v) is 7.72. The second kappa shape index (κ2) is 5.90. The molecule has 1 aliphatic rings. The maximum absolute atomic E-state index is 12.8. The van der Waals surface area contributed by atoms with Crippen LogP contribution in [-0.2, 0) is 9.84 Å². The van der Waals surface area contributed by atoms with Crippen LogP contribution in [0.15, 0.2) is 47.4 Å². The average Bonchev–Trinajstić information content (AvgIpc) is 2.58. The molecule has 0 spiro atoms. The Kier molecular flexibility index (Phi) is 4.07. The number of sulfone groups is 1. The van der Waals surface area contributed by atoms with Crippen LogP contribution in [0.5, 0.6) is 17.2 Å². The van der Waals surface area contributed by atoms with Crippen LogP contribution in [0.4, 0.5) is 0 Å². The van der Waals surface area contributed by atoms with Crippen LogP contribution in [0.25, 0.3) is 0 Å². The van der Waals surface area contributed by atoms with Gasteiger partial charge in [0.25, 0.3) is 0 Å². The van der Waals surface area contributed by atoms with Crippen molar-refractivity contribution < 1.29 is 22.3 Å². The van der Waals surface area contributed by atoms with Crippen molar-refractivity contribution in [2.45, 2.75) is 23.2 Å². The summed E-state index contributed by atoms with van der Waals surface area (Å²) in [5.41, 5.74) is 0.755. The Morgan fingerprint density at radius 2 is 1.83 bits per heavy atom. The molecule has 0 aromatic heterocycles. The third kappa shape index (κ3) is 2.59. The van der Waals surface area contributed by atoms with E-state index in [1.54, 1.807) is 49.4 Å². The Labute approximate surface area is 138 Å². The van der Waals surface area contributed by atoms with Crippen LogP contribution in [0, 0.1) is 0 Å². The van der Waals surface area contributed by atoms with Crippen molar-refractivity contribution in [3.63, 3.8) is 0 Å². The molecule has 0 amide bonds. The van der Waals surface area contributed by atoms with Crippen molar-refractivity contribution in [1.29, 1.82) is 0 Å². The molecule has 0 unspecified atom stereocenters. The highest BCUT2D eigenvalue weighted by Crippen LogP contribution is 2.45. The summed E-state index contributed by atoms with van der Waals surface area (Å²) in [6, 6.07) is 11.9. The number of fused-ring (bicyclic) bond motifs is 1. The SMILES string of the molecule is COc1cccc2c1O[C@@H](c1ccc(O[Si])cc1)[C@H](C)S2(=O)=O. The zero-order chi connectivity index (χ0) is 16.6. The summed E-state index contributed by atoms with van der Waals surface area (Å²) in [6.45, 7) is 1.65. The fourth-order valence-electron chi connectivity index (χ4n) is 2.65. The molecule has 7 heteroatoms. The molecule has 2 atom stereocenters. The largest absolute Gasteiger partial charge is 0.540 e. The molecule has 3 radical (unpaired) electrons. The first-order valence-corrected chi connectivity index (χ1v) is 8.95. The molecule has 0 N–H and O–H groups in total. The van der Waals surface area contributed by atoms with Gasteiger partial charge in [0.05, 0.1) is 7.11 Å². The standard InChI is InChI=1S/C16H15O5SSi/c1-10-15(11-6-8-12(21-23)9-7-11)20-16-13(19-2)4-3-5-14(16)22(10,17)18/h3-10,15H,1-2H3/t10-,15+/m0/s1. The summed E-state index contributed by atoms with van der Waals surface area (Å²) < 4.78 is 41.8. The number of hydrogen-bond acceptors (Lipinski definition) is 5. The lowest BCUT2D eigenvalue weighted by Crippen LogP contribution is -2.34. The van der Waals surface area contributed by atoms with Gasteiger partial charge in [0.15, 0.2) is 21.3 Å². The quantitative estimate of drug-likeness (QED) is 0.798. The van der Waals surface area contributed by atoms with E-state index >= 15 is 0 Å². The normalized spacial score (nSPS) is 21.9. The average molecular weight is 347 g/mol. The molecule has 0 saturated heterocycles. The molecule has 1 aliphatic heterocycles. The van der Waals surface area contributed by atoms with Gasteiger partial charge in [-0.3, -0.25) is 0 Å². The van der Waals surface area contributed by atoms with Gasteiger partial charge in [0, 0.05) is 0 Å². The Morgan fingerprint density at radius 1 is 1.13 bits per heavy atom. The maximum atomic E-state index is 12.8. The van der Waals surface area contributed by atoms with Crippen LogP contribution < -0.4 is 13.9 Å². The first kappa shape index (κ1) is 15.9. The minimum Gasteiger partial charge on any atom is -0.540 e. The fraction of sp³-hybridized carbons (Fsp3) is 0.250. The smallest absolute Gasteiger partial charge is 0.341 e. The van der Waals surface area contributed by atoms with Crippen molar-refractivity contribution in [1.82, 2.24) is 0 Å². The van der Waals surface area contributed by atoms with Crippen LogP contribution >= 0.6 is 0 Å². The second-order valence-electron chi connectivity index (χ2n) is 5.25. The van der Waals surface area contributed by atoms with Crippen LogP contribution in [0.2, 0.25) is 0 Å². The van der Waals surface area contributed by atoms with E-state index in [1.807, 2.05) is 0 Å². The summed E-state index contributed by atoms with van der Waals surface area (Å²) in [7, 11) is 0.928. The minimum atomic E-state index is -3.51. The Hall–Kier alpha value is -1.99. The van der Waals surface area contributed by atoms with E-state index in [9.17, 15) is 8.42 Å². The summed E-state index contributed by atoms with van der Waals surface area (Å²) in [5.74, 6) is 1.29. The monoisotopic (exact) mass is 347 g/mol. The molecule has 0 bridgehead atoms. The van der Waals surface area contributed by atoms with Gasteiger partial charge in [-0.05, 0) is 36.8 Å². The molecule has 2 aromatic carbocycles. The van der Waals surface area contributed by atoms with E-state index in [0.717, 1.165) is 5.56 Å². The van der Waals surface area contributed by atoms with Crippen molar-refractivity contribution >= 4 is 20.3 Å². The number of benzene rings is 2. The predicted molar refractivity (Wildman–Crippen MR) is 85.8 cm³/mol. The lowest BCUT2D eigenvalue weighted by atomic mass is 10.1. The molecule has 3 rings (SSSR count).